The summed E-state index contributed by atoms with van der Waals surface area (Å²) in [6.07, 6.45) is 4.68. The first kappa shape index (κ1) is 16.7. The van der Waals surface area contributed by atoms with E-state index in [1.807, 2.05) is 47.3 Å². The molecule has 0 spiro atoms. The van der Waals surface area contributed by atoms with E-state index in [2.05, 4.69) is 0 Å². The Morgan fingerprint density at radius 2 is 1.48 bits per heavy atom. The summed E-state index contributed by atoms with van der Waals surface area (Å²) >= 11 is 0. The number of hydrogen-bond acceptors (Lipinski definition) is 3. The predicted octanol–water partition coefficient (Wildman–Crippen LogP) is 3.97. The van der Waals surface area contributed by atoms with E-state index in [1.165, 1.54) is 0 Å². The molecule has 0 unspecified atom stereocenters. The fourth-order valence-corrected chi connectivity index (χ4v) is 2.56. The molecule has 4 heteroatoms. The van der Waals surface area contributed by atoms with Gasteiger partial charge in [-0.25, -0.2) is 4.79 Å². The van der Waals surface area contributed by atoms with Gasteiger partial charge in [-0.1, -0.05) is 42.5 Å². The number of carbonyl (C=O) groups is 2. The normalized spacial score (nSPS) is 10.4. The number of rotatable bonds is 7. The van der Waals surface area contributed by atoms with Crippen LogP contribution in [0.2, 0.25) is 0 Å². The zero-order valence-electron chi connectivity index (χ0n) is 13.8. The maximum absolute atomic E-state index is 12.5. The van der Waals surface area contributed by atoms with Crippen LogP contribution >= 0.6 is 0 Å². The molecule has 0 saturated carbocycles. The maximum atomic E-state index is 12.5. The Hall–Kier alpha value is -3.14. The van der Waals surface area contributed by atoms with Gasteiger partial charge in [-0.3, -0.25) is 4.79 Å². The lowest BCUT2D eigenvalue weighted by molar-refractivity contribution is 0.0496. The number of hydrogen-bond donors (Lipinski definition) is 0. The van der Waals surface area contributed by atoms with Crippen molar-refractivity contribution in [3.8, 4) is 0 Å². The maximum Gasteiger partial charge on any atom is 0.338 e. The van der Waals surface area contributed by atoms with E-state index >= 15 is 0 Å². The van der Waals surface area contributed by atoms with Crippen molar-refractivity contribution < 1.29 is 14.3 Å². The summed E-state index contributed by atoms with van der Waals surface area (Å²) in [6, 6.07) is 19.6. The Morgan fingerprint density at radius 3 is 2.24 bits per heavy atom. The molecule has 0 saturated heterocycles. The van der Waals surface area contributed by atoms with E-state index in [0.29, 0.717) is 23.3 Å². The van der Waals surface area contributed by atoms with Crippen molar-refractivity contribution in [1.82, 2.24) is 4.57 Å². The molecule has 3 rings (SSSR count). The first-order valence-corrected chi connectivity index (χ1v) is 8.22. The summed E-state index contributed by atoms with van der Waals surface area (Å²) in [7, 11) is 0. The molecule has 0 amide bonds. The third-order valence-corrected chi connectivity index (χ3v) is 3.86. The summed E-state index contributed by atoms with van der Waals surface area (Å²) in [6.45, 7) is 1.14. The van der Waals surface area contributed by atoms with Crippen molar-refractivity contribution in [2.24, 2.45) is 0 Å². The van der Waals surface area contributed by atoms with Crippen LogP contribution in [0, 0.1) is 0 Å². The average molecular weight is 333 g/mol. The Labute approximate surface area is 146 Å². The van der Waals surface area contributed by atoms with E-state index in [-0.39, 0.29) is 5.78 Å². The van der Waals surface area contributed by atoms with Gasteiger partial charge in [0.2, 0.25) is 0 Å². The molecule has 0 fully saturated rings. The van der Waals surface area contributed by atoms with Crippen LogP contribution in [0.1, 0.15) is 32.7 Å². The molecule has 1 aromatic heterocycles. The summed E-state index contributed by atoms with van der Waals surface area (Å²) in [5, 5.41) is 0. The number of ether oxygens (including phenoxy) is 1. The van der Waals surface area contributed by atoms with Crippen LogP contribution < -0.4 is 0 Å². The summed E-state index contributed by atoms with van der Waals surface area (Å²) in [5.74, 6) is -0.516. The highest BCUT2D eigenvalue weighted by atomic mass is 16.5. The molecule has 126 valence electrons. The molecule has 0 N–H and O–H groups in total. The molecule has 0 radical (unpaired) electrons. The fraction of sp³-hybridized carbons (Fsp3) is 0.143. The third kappa shape index (κ3) is 4.44. The molecule has 0 aliphatic carbocycles. The minimum absolute atomic E-state index is 0.108. The molecule has 0 bridgehead atoms. The van der Waals surface area contributed by atoms with Gasteiger partial charge in [0.25, 0.3) is 0 Å². The molecule has 0 aliphatic rings. The molecule has 0 atom stereocenters. The van der Waals surface area contributed by atoms with Crippen LogP contribution in [0.4, 0.5) is 0 Å². The highest BCUT2D eigenvalue weighted by Crippen LogP contribution is 2.13. The lowest BCUT2D eigenvalue weighted by atomic mass is 10.0. The fourth-order valence-electron chi connectivity index (χ4n) is 2.56. The number of nitrogens with zero attached hydrogens (tertiary/aromatic N) is 1. The van der Waals surface area contributed by atoms with Crippen LogP contribution in [0.15, 0.2) is 79.1 Å². The van der Waals surface area contributed by atoms with Crippen molar-refractivity contribution in [2.75, 3.05) is 6.61 Å². The van der Waals surface area contributed by atoms with Crippen LogP contribution in [0.5, 0.6) is 0 Å². The van der Waals surface area contributed by atoms with Crippen LogP contribution in [-0.4, -0.2) is 22.9 Å². The van der Waals surface area contributed by atoms with E-state index in [1.54, 1.807) is 36.4 Å². The quantitative estimate of drug-likeness (QED) is 0.373. The molecule has 1 heterocycles. The van der Waals surface area contributed by atoms with Crippen LogP contribution in [0.25, 0.3) is 0 Å². The Bertz CT molecular complexity index is 839. The minimum Gasteiger partial charge on any atom is -0.462 e. The molecule has 2 aromatic carbocycles. The molecular formula is C21H19NO3. The van der Waals surface area contributed by atoms with Gasteiger partial charge in [-0.2, -0.15) is 0 Å². The number of esters is 1. The summed E-state index contributed by atoms with van der Waals surface area (Å²) < 4.78 is 7.34. The van der Waals surface area contributed by atoms with E-state index in [4.69, 9.17) is 4.74 Å². The smallest absolute Gasteiger partial charge is 0.338 e. The van der Waals surface area contributed by atoms with E-state index in [9.17, 15) is 9.59 Å². The van der Waals surface area contributed by atoms with Gasteiger partial charge in [0.15, 0.2) is 5.78 Å². The van der Waals surface area contributed by atoms with Crippen molar-refractivity contribution in [2.45, 2.75) is 13.0 Å². The molecular weight excluding hydrogens is 314 g/mol. The highest BCUT2D eigenvalue weighted by Gasteiger charge is 2.12. The minimum atomic E-state index is -0.407. The largest absolute Gasteiger partial charge is 0.462 e. The van der Waals surface area contributed by atoms with Crippen LogP contribution in [0.3, 0.4) is 0 Å². The van der Waals surface area contributed by atoms with Gasteiger partial charge in [0, 0.05) is 30.1 Å². The highest BCUT2D eigenvalue weighted by molar-refractivity contribution is 6.09. The number of carbonyl (C=O) groups excluding carboxylic acids is 2. The number of benzene rings is 2. The average Bonchev–Trinajstić information content (AvgIpc) is 3.19. The van der Waals surface area contributed by atoms with Gasteiger partial charge in [-0.05, 0) is 30.7 Å². The van der Waals surface area contributed by atoms with Gasteiger partial charge in [-0.15, -0.1) is 0 Å². The number of aryl methyl sites for hydroxylation is 1. The van der Waals surface area contributed by atoms with Gasteiger partial charge in [0.1, 0.15) is 0 Å². The van der Waals surface area contributed by atoms with Crippen molar-refractivity contribution in [3.05, 3.63) is 95.8 Å². The number of aromatic nitrogens is 1. The third-order valence-electron chi connectivity index (χ3n) is 3.86. The van der Waals surface area contributed by atoms with Crippen LogP contribution in [-0.2, 0) is 11.3 Å². The van der Waals surface area contributed by atoms with Gasteiger partial charge < -0.3 is 9.30 Å². The van der Waals surface area contributed by atoms with Gasteiger partial charge >= 0.3 is 5.97 Å². The molecule has 4 nitrogen and oxygen atoms in total. The predicted molar refractivity (Wildman–Crippen MR) is 95.6 cm³/mol. The Kier molecular flexibility index (Phi) is 5.42. The SMILES string of the molecule is O=C(OCCCn1cccc1)c1cccc(C(=O)c2ccccc2)c1. The van der Waals surface area contributed by atoms with E-state index in [0.717, 1.165) is 13.0 Å². The van der Waals surface area contributed by atoms with Gasteiger partial charge in [0.05, 0.1) is 12.2 Å². The second-order valence-electron chi connectivity index (χ2n) is 5.69. The molecule has 3 aromatic rings. The van der Waals surface area contributed by atoms with Crippen molar-refractivity contribution in [1.29, 1.82) is 0 Å². The molecule has 0 aliphatic heterocycles. The van der Waals surface area contributed by atoms with Crippen molar-refractivity contribution >= 4 is 11.8 Å². The zero-order valence-corrected chi connectivity index (χ0v) is 13.8. The summed E-state index contributed by atoms with van der Waals surface area (Å²) in [5.41, 5.74) is 1.47. The molecule has 25 heavy (non-hydrogen) atoms. The Morgan fingerprint density at radius 1 is 0.800 bits per heavy atom. The monoisotopic (exact) mass is 333 g/mol. The lowest BCUT2D eigenvalue weighted by Gasteiger charge is -2.07. The lowest BCUT2D eigenvalue weighted by Crippen LogP contribution is -2.10. The van der Waals surface area contributed by atoms with Crippen molar-refractivity contribution in [3.63, 3.8) is 0 Å². The first-order chi connectivity index (χ1) is 12.2. The number of ketones is 1. The second-order valence-corrected chi connectivity index (χ2v) is 5.69. The summed E-state index contributed by atoms with van der Waals surface area (Å²) in [4.78, 5) is 24.6. The topological polar surface area (TPSA) is 48.3 Å². The second kappa shape index (κ2) is 8.11. The zero-order chi connectivity index (χ0) is 17.5. The standard InChI is InChI=1S/C21H19NO3/c23-20(17-8-2-1-3-9-17)18-10-6-11-19(16-18)21(24)25-15-7-14-22-12-4-5-13-22/h1-6,8-13,16H,7,14-15H2. The first-order valence-electron chi connectivity index (χ1n) is 8.22. The van der Waals surface area contributed by atoms with E-state index < -0.39 is 5.97 Å². The Balaban J connectivity index is 1.58.